The van der Waals surface area contributed by atoms with Crippen LogP contribution in [0.15, 0.2) is 53.4 Å². The molecule has 0 saturated heterocycles. The molecule has 8 heteroatoms. The third kappa shape index (κ3) is 8.62. The van der Waals surface area contributed by atoms with E-state index < -0.39 is 28.1 Å². The zero-order chi connectivity index (χ0) is 25.3. The standard InChI is InChI=1S/C23H24NO5S.C5H5.Fe/c1-16-12-14-19(15-13-16)30(26,27)24-22(18-8-4-5-9-18)23(29-17(2)25)20-10-6-7-11-21(20)28-3;1-2-4-5-3-1;/h4-15,22-24H,1-3H3;1-5H;/t22-,23+;;/m0../s1. The number of esters is 1. The fourth-order valence-electron chi connectivity index (χ4n) is 3.57. The number of carbonyl (C=O) groups excluding carboxylic acids is 1. The van der Waals surface area contributed by atoms with E-state index in [0.717, 1.165) is 5.56 Å². The van der Waals surface area contributed by atoms with Crippen LogP contribution in [-0.2, 0) is 36.6 Å². The van der Waals surface area contributed by atoms with E-state index >= 15 is 0 Å². The summed E-state index contributed by atoms with van der Waals surface area (Å²) in [6, 6.07) is 12.8. The first kappa shape index (κ1) is 30.4. The van der Waals surface area contributed by atoms with Gasteiger partial charge in [0.1, 0.15) is 11.9 Å². The molecule has 0 unspecified atom stereocenters. The molecule has 0 heterocycles. The molecule has 2 fully saturated rings. The molecule has 0 bridgehead atoms. The van der Waals surface area contributed by atoms with Crippen LogP contribution < -0.4 is 9.46 Å². The van der Waals surface area contributed by atoms with Crippen LogP contribution in [0.4, 0.5) is 0 Å². The van der Waals surface area contributed by atoms with Crippen LogP contribution >= 0.6 is 0 Å². The minimum atomic E-state index is -3.89. The van der Waals surface area contributed by atoms with Crippen LogP contribution in [0.5, 0.6) is 5.75 Å². The van der Waals surface area contributed by atoms with Gasteiger partial charge in [0.25, 0.3) is 0 Å². The smallest absolute Gasteiger partial charge is 0.303 e. The zero-order valence-electron chi connectivity index (χ0n) is 20.3. The minimum absolute atomic E-state index is 0. The summed E-state index contributed by atoms with van der Waals surface area (Å²) in [7, 11) is -2.38. The van der Waals surface area contributed by atoms with Crippen molar-refractivity contribution in [1.29, 1.82) is 0 Å². The van der Waals surface area contributed by atoms with Gasteiger partial charge in [0, 0.05) is 35.5 Å². The Kier molecular flexibility index (Phi) is 12.5. The Morgan fingerprint density at radius 2 is 1.42 bits per heavy atom. The maximum Gasteiger partial charge on any atom is 0.303 e. The van der Waals surface area contributed by atoms with Crippen LogP contribution in [0.3, 0.4) is 0 Å². The van der Waals surface area contributed by atoms with E-state index in [1.165, 1.54) is 14.0 Å². The van der Waals surface area contributed by atoms with Crippen molar-refractivity contribution in [3.8, 4) is 5.75 Å². The number of para-hydroxylation sites is 1. The summed E-state index contributed by atoms with van der Waals surface area (Å²) in [5, 5.41) is 0. The molecule has 0 aromatic heterocycles. The van der Waals surface area contributed by atoms with Gasteiger partial charge in [-0.05, 0) is 82.9 Å². The number of aryl methyl sites for hydroxylation is 1. The fourth-order valence-corrected chi connectivity index (χ4v) is 4.79. The van der Waals surface area contributed by atoms with Crippen LogP contribution in [0, 0.1) is 70.6 Å². The van der Waals surface area contributed by atoms with Crippen molar-refractivity contribution in [2.24, 2.45) is 0 Å². The molecule has 36 heavy (non-hydrogen) atoms. The number of hydrogen-bond donors (Lipinski definition) is 1. The molecule has 6 nitrogen and oxygen atoms in total. The first-order chi connectivity index (χ1) is 16.8. The Morgan fingerprint density at radius 3 is 1.94 bits per heavy atom. The molecule has 4 rings (SSSR count). The maximum atomic E-state index is 13.1. The van der Waals surface area contributed by atoms with Crippen molar-refractivity contribution in [2.45, 2.75) is 30.9 Å². The summed E-state index contributed by atoms with van der Waals surface area (Å²) >= 11 is 0. The molecular formula is C28H29FeNO5S. The molecule has 0 amide bonds. The van der Waals surface area contributed by atoms with Gasteiger partial charge in [-0.2, -0.15) is 0 Å². The number of carbonyl (C=O) groups is 1. The Morgan fingerprint density at radius 1 is 0.861 bits per heavy atom. The average molecular weight is 547 g/mol. The molecule has 2 saturated carbocycles. The Balaban J connectivity index is 0.000000678. The number of methoxy groups -OCH3 is 1. The van der Waals surface area contributed by atoms with Crippen LogP contribution in [0.25, 0.3) is 0 Å². The molecule has 190 valence electrons. The number of ether oxygens (including phenoxy) is 2. The quantitative estimate of drug-likeness (QED) is 0.392. The van der Waals surface area contributed by atoms with Crippen LogP contribution in [0.2, 0.25) is 0 Å². The van der Waals surface area contributed by atoms with E-state index in [0.29, 0.717) is 17.2 Å². The van der Waals surface area contributed by atoms with Crippen molar-refractivity contribution < 1.29 is 39.8 Å². The summed E-state index contributed by atoms with van der Waals surface area (Å²) < 4.78 is 40.1. The Hall–Kier alpha value is -1.86. The van der Waals surface area contributed by atoms with Gasteiger partial charge in [-0.3, -0.25) is 4.79 Å². The van der Waals surface area contributed by atoms with Crippen LogP contribution in [0.1, 0.15) is 24.2 Å². The van der Waals surface area contributed by atoms with E-state index in [9.17, 15) is 13.2 Å². The van der Waals surface area contributed by atoms with Crippen molar-refractivity contribution in [1.82, 2.24) is 4.72 Å². The SMILES string of the molecule is COc1ccccc1[C@@H](OC(C)=O)[C@@H](NS(=O)(=O)c1ccc(C)cc1)[C]1[CH][CH][CH][CH]1.[CH]1[CH][CH][CH][CH]1.[Fe]. The fraction of sp³-hybridized carbons (Fsp3) is 0.179. The van der Waals surface area contributed by atoms with Gasteiger partial charge >= 0.3 is 5.97 Å². The van der Waals surface area contributed by atoms with Crippen molar-refractivity contribution in [3.63, 3.8) is 0 Å². The molecule has 0 aliphatic heterocycles. The van der Waals surface area contributed by atoms with E-state index in [1.54, 1.807) is 74.2 Å². The van der Waals surface area contributed by atoms with Gasteiger partial charge < -0.3 is 9.47 Å². The third-order valence-electron chi connectivity index (χ3n) is 5.26. The van der Waals surface area contributed by atoms with E-state index in [2.05, 4.69) is 4.72 Å². The number of rotatable bonds is 8. The molecule has 2 aromatic rings. The first-order valence-electron chi connectivity index (χ1n) is 11.1. The average Bonchev–Trinajstić information content (AvgIpc) is 3.59. The minimum Gasteiger partial charge on any atom is -0.496 e. The monoisotopic (exact) mass is 547 g/mol. The molecule has 2 aliphatic rings. The first-order valence-corrected chi connectivity index (χ1v) is 12.6. The summed E-state index contributed by atoms with van der Waals surface area (Å²) in [6.45, 7) is 3.17. The van der Waals surface area contributed by atoms with Gasteiger partial charge in [0.2, 0.25) is 10.0 Å². The normalized spacial score (nSPS) is 17.3. The summed E-state index contributed by atoms with van der Waals surface area (Å²) in [5.41, 5.74) is 1.52. The second-order valence-corrected chi connectivity index (χ2v) is 9.58. The topological polar surface area (TPSA) is 81.7 Å². The molecule has 0 spiro atoms. The molecular weight excluding hydrogens is 518 g/mol. The number of benzene rings is 2. The van der Waals surface area contributed by atoms with Crippen molar-refractivity contribution >= 4 is 16.0 Å². The molecule has 2 atom stereocenters. The van der Waals surface area contributed by atoms with Gasteiger partial charge in [-0.15, -0.1) is 0 Å². The van der Waals surface area contributed by atoms with Gasteiger partial charge in [-0.1, -0.05) is 35.9 Å². The van der Waals surface area contributed by atoms with E-state index in [1.807, 2.05) is 39.0 Å². The Bertz CT molecular complexity index is 1040. The van der Waals surface area contributed by atoms with Gasteiger partial charge in [0.05, 0.1) is 18.0 Å². The second kappa shape index (κ2) is 14.8. The molecule has 2 aromatic carbocycles. The van der Waals surface area contributed by atoms with Crippen molar-refractivity contribution in [2.75, 3.05) is 7.11 Å². The van der Waals surface area contributed by atoms with Crippen molar-refractivity contribution in [3.05, 3.63) is 123 Å². The largest absolute Gasteiger partial charge is 0.496 e. The zero-order valence-corrected chi connectivity index (χ0v) is 22.2. The molecule has 10 radical (unpaired) electrons. The summed E-state index contributed by atoms with van der Waals surface area (Å²) in [5.74, 6) is 0.634. The Labute approximate surface area is 227 Å². The van der Waals surface area contributed by atoms with Gasteiger partial charge in [-0.25, -0.2) is 13.1 Å². The molecule has 1 N–H and O–H groups in total. The predicted octanol–water partition coefficient (Wildman–Crippen LogP) is 4.38. The number of hydrogen-bond acceptors (Lipinski definition) is 5. The number of nitrogens with one attached hydrogen (secondary N) is 1. The van der Waals surface area contributed by atoms with E-state index in [4.69, 9.17) is 9.47 Å². The third-order valence-corrected chi connectivity index (χ3v) is 6.71. The predicted molar refractivity (Wildman–Crippen MR) is 135 cm³/mol. The van der Waals surface area contributed by atoms with E-state index in [-0.39, 0.29) is 22.0 Å². The summed E-state index contributed by atoms with van der Waals surface area (Å²) in [4.78, 5) is 12.1. The maximum absolute atomic E-state index is 13.1. The summed E-state index contributed by atoms with van der Waals surface area (Å²) in [6.07, 6.45) is 16.2. The molecule has 2 aliphatic carbocycles. The second-order valence-electron chi connectivity index (χ2n) is 7.86. The van der Waals surface area contributed by atoms with Gasteiger partial charge in [0.15, 0.2) is 0 Å². The number of sulfonamides is 1. The van der Waals surface area contributed by atoms with Crippen LogP contribution in [-0.4, -0.2) is 27.5 Å².